The molecule has 1 heterocycles. The van der Waals surface area contributed by atoms with E-state index in [-0.39, 0.29) is 0 Å². The Balaban J connectivity index is 2.47. The number of nitrogens with two attached hydrogens (primary N) is 1. The highest BCUT2D eigenvalue weighted by atomic mass is 32.1. The van der Waals surface area contributed by atoms with E-state index in [9.17, 15) is 0 Å². The van der Waals surface area contributed by atoms with Gasteiger partial charge in [0, 0.05) is 11.9 Å². The molecule has 0 saturated heterocycles. The molecule has 17 heavy (non-hydrogen) atoms. The van der Waals surface area contributed by atoms with Crippen molar-refractivity contribution in [1.29, 1.82) is 0 Å². The molecule has 0 spiro atoms. The van der Waals surface area contributed by atoms with Crippen LogP contribution in [0.15, 0.2) is 23.6 Å². The van der Waals surface area contributed by atoms with Gasteiger partial charge in [0.25, 0.3) is 0 Å². The molecule has 0 aliphatic rings. The van der Waals surface area contributed by atoms with Crippen LogP contribution in [0, 0.1) is 0 Å². The smallest absolute Gasteiger partial charge is 0.129 e. The third-order valence-electron chi connectivity index (χ3n) is 2.40. The molecule has 5 heteroatoms. The molecule has 0 bridgehead atoms. The van der Waals surface area contributed by atoms with Crippen LogP contribution in [0.25, 0.3) is 10.6 Å². The number of methoxy groups -OCH3 is 2. The van der Waals surface area contributed by atoms with E-state index in [0.29, 0.717) is 6.54 Å². The van der Waals surface area contributed by atoms with Crippen molar-refractivity contribution in [2.45, 2.75) is 6.54 Å². The molecule has 1 aromatic carbocycles. The maximum Gasteiger partial charge on any atom is 0.129 e. The van der Waals surface area contributed by atoms with E-state index in [1.807, 2.05) is 23.6 Å². The number of thiazole rings is 1. The summed E-state index contributed by atoms with van der Waals surface area (Å²) in [5, 5.41) is 2.84. The number of hydrogen-bond acceptors (Lipinski definition) is 5. The normalized spacial score (nSPS) is 10.3. The molecule has 4 nitrogen and oxygen atoms in total. The zero-order chi connectivity index (χ0) is 12.3. The first-order chi connectivity index (χ1) is 8.28. The number of hydrogen-bond donors (Lipinski definition) is 1. The lowest BCUT2D eigenvalue weighted by Gasteiger charge is -2.08. The van der Waals surface area contributed by atoms with Gasteiger partial charge < -0.3 is 15.2 Å². The van der Waals surface area contributed by atoms with Gasteiger partial charge in [-0.05, 0) is 18.2 Å². The number of rotatable bonds is 4. The van der Waals surface area contributed by atoms with Crippen LogP contribution >= 0.6 is 11.3 Å². The van der Waals surface area contributed by atoms with Gasteiger partial charge >= 0.3 is 0 Å². The second kappa shape index (κ2) is 5.16. The minimum Gasteiger partial charge on any atom is -0.497 e. The molecular formula is C12H14N2O2S. The van der Waals surface area contributed by atoms with Crippen LogP contribution in [-0.4, -0.2) is 19.2 Å². The van der Waals surface area contributed by atoms with E-state index in [1.54, 1.807) is 25.6 Å². The van der Waals surface area contributed by atoms with Crippen molar-refractivity contribution in [3.63, 3.8) is 0 Å². The summed E-state index contributed by atoms with van der Waals surface area (Å²) in [6.45, 7) is 0.447. The van der Waals surface area contributed by atoms with Crippen molar-refractivity contribution in [2.24, 2.45) is 5.73 Å². The maximum atomic E-state index is 5.56. The summed E-state index contributed by atoms with van der Waals surface area (Å²) in [5.41, 5.74) is 7.37. The van der Waals surface area contributed by atoms with Crippen molar-refractivity contribution in [3.8, 4) is 22.1 Å². The molecule has 2 aromatic rings. The van der Waals surface area contributed by atoms with E-state index in [0.717, 1.165) is 27.8 Å². The van der Waals surface area contributed by atoms with Gasteiger partial charge in [-0.2, -0.15) is 0 Å². The molecule has 90 valence electrons. The minimum atomic E-state index is 0.447. The Kier molecular flexibility index (Phi) is 3.61. The summed E-state index contributed by atoms with van der Waals surface area (Å²) in [4.78, 5) is 4.44. The van der Waals surface area contributed by atoms with Crippen LogP contribution in [0.2, 0.25) is 0 Å². The first-order valence-corrected chi connectivity index (χ1v) is 6.03. The minimum absolute atomic E-state index is 0.447. The van der Waals surface area contributed by atoms with Gasteiger partial charge in [0.05, 0.1) is 25.5 Å². The van der Waals surface area contributed by atoms with E-state index < -0.39 is 0 Å². The third-order valence-corrected chi connectivity index (χ3v) is 3.32. The van der Waals surface area contributed by atoms with Crippen LogP contribution < -0.4 is 15.2 Å². The average Bonchev–Trinajstić information content (AvgIpc) is 2.86. The number of aromatic nitrogens is 1. The highest BCUT2D eigenvalue weighted by Crippen LogP contribution is 2.35. The van der Waals surface area contributed by atoms with Crippen molar-refractivity contribution in [1.82, 2.24) is 4.98 Å². The number of ether oxygens (including phenoxy) is 2. The van der Waals surface area contributed by atoms with E-state index >= 15 is 0 Å². The highest BCUT2D eigenvalue weighted by Gasteiger charge is 2.11. The lowest BCUT2D eigenvalue weighted by atomic mass is 10.2. The second-order valence-electron chi connectivity index (χ2n) is 3.41. The zero-order valence-corrected chi connectivity index (χ0v) is 10.6. The zero-order valence-electron chi connectivity index (χ0n) is 9.77. The Morgan fingerprint density at radius 2 is 2.12 bits per heavy atom. The Labute approximate surface area is 104 Å². The summed E-state index contributed by atoms with van der Waals surface area (Å²) >= 11 is 1.55. The van der Waals surface area contributed by atoms with Crippen LogP contribution in [0.3, 0.4) is 0 Å². The van der Waals surface area contributed by atoms with Crippen molar-refractivity contribution in [3.05, 3.63) is 29.3 Å². The molecule has 0 fully saturated rings. The van der Waals surface area contributed by atoms with Gasteiger partial charge in [0.1, 0.15) is 16.5 Å². The largest absolute Gasteiger partial charge is 0.497 e. The van der Waals surface area contributed by atoms with Crippen molar-refractivity contribution < 1.29 is 9.47 Å². The summed E-state index contributed by atoms with van der Waals surface area (Å²) in [6.07, 6.45) is 0. The molecule has 0 aliphatic carbocycles. The van der Waals surface area contributed by atoms with Gasteiger partial charge in [0.2, 0.25) is 0 Å². The third kappa shape index (κ3) is 2.40. The van der Waals surface area contributed by atoms with E-state index in [2.05, 4.69) is 4.98 Å². The van der Waals surface area contributed by atoms with Crippen LogP contribution in [0.5, 0.6) is 11.5 Å². The fraction of sp³-hybridized carbons (Fsp3) is 0.250. The molecular weight excluding hydrogens is 236 g/mol. The first-order valence-electron chi connectivity index (χ1n) is 5.15. The predicted molar refractivity (Wildman–Crippen MR) is 68.5 cm³/mol. The van der Waals surface area contributed by atoms with Crippen molar-refractivity contribution in [2.75, 3.05) is 14.2 Å². The molecule has 2 rings (SSSR count). The van der Waals surface area contributed by atoms with Gasteiger partial charge in [-0.1, -0.05) is 0 Å². The molecule has 0 radical (unpaired) electrons. The summed E-state index contributed by atoms with van der Waals surface area (Å²) in [5.74, 6) is 1.56. The predicted octanol–water partition coefficient (Wildman–Crippen LogP) is 2.29. The fourth-order valence-electron chi connectivity index (χ4n) is 1.51. The molecule has 0 amide bonds. The molecule has 0 unspecified atom stereocenters. The standard InChI is InChI=1S/C12H14N2O2S/c1-15-9-3-4-11(16-2)10(5-9)12-14-8(6-13)7-17-12/h3-5,7H,6,13H2,1-2H3. The molecule has 0 atom stereocenters. The van der Waals surface area contributed by atoms with E-state index in [4.69, 9.17) is 15.2 Å². The van der Waals surface area contributed by atoms with Gasteiger partial charge in [-0.15, -0.1) is 11.3 Å². The quantitative estimate of drug-likeness (QED) is 0.904. The Hall–Kier alpha value is -1.59. The average molecular weight is 250 g/mol. The Bertz CT molecular complexity index is 511. The topological polar surface area (TPSA) is 57.4 Å². The van der Waals surface area contributed by atoms with Gasteiger partial charge in [0.15, 0.2) is 0 Å². The van der Waals surface area contributed by atoms with Gasteiger partial charge in [-0.25, -0.2) is 4.98 Å². The summed E-state index contributed by atoms with van der Waals surface area (Å²) < 4.78 is 10.5. The number of benzene rings is 1. The van der Waals surface area contributed by atoms with Crippen molar-refractivity contribution >= 4 is 11.3 Å². The summed E-state index contributed by atoms with van der Waals surface area (Å²) in [6, 6.07) is 5.65. The molecule has 2 N–H and O–H groups in total. The second-order valence-corrected chi connectivity index (χ2v) is 4.27. The lowest BCUT2D eigenvalue weighted by molar-refractivity contribution is 0.404. The van der Waals surface area contributed by atoms with Crippen LogP contribution in [0.1, 0.15) is 5.69 Å². The highest BCUT2D eigenvalue weighted by molar-refractivity contribution is 7.13. The maximum absolute atomic E-state index is 5.56. The lowest BCUT2D eigenvalue weighted by Crippen LogP contribution is -1.96. The summed E-state index contributed by atoms with van der Waals surface area (Å²) in [7, 11) is 3.28. The molecule has 0 saturated carbocycles. The Morgan fingerprint density at radius 3 is 2.71 bits per heavy atom. The SMILES string of the molecule is COc1ccc(OC)c(-c2nc(CN)cs2)c1. The van der Waals surface area contributed by atoms with Crippen LogP contribution in [0.4, 0.5) is 0 Å². The fourth-order valence-corrected chi connectivity index (χ4v) is 2.36. The van der Waals surface area contributed by atoms with Crippen LogP contribution in [-0.2, 0) is 6.54 Å². The molecule has 0 aliphatic heterocycles. The monoisotopic (exact) mass is 250 g/mol. The first kappa shape index (κ1) is 11.9. The van der Waals surface area contributed by atoms with Gasteiger partial charge in [-0.3, -0.25) is 0 Å². The molecule has 1 aromatic heterocycles. The Morgan fingerprint density at radius 1 is 1.29 bits per heavy atom. The number of nitrogens with zero attached hydrogens (tertiary/aromatic N) is 1. The van der Waals surface area contributed by atoms with E-state index in [1.165, 1.54) is 0 Å².